The number of carbonyl (C=O) groups excluding carboxylic acids is 1. The van der Waals surface area contributed by atoms with E-state index in [4.69, 9.17) is 9.47 Å². The van der Waals surface area contributed by atoms with Crippen molar-refractivity contribution in [1.82, 2.24) is 9.62 Å². The van der Waals surface area contributed by atoms with Crippen molar-refractivity contribution < 1.29 is 22.7 Å². The SMILES string of the molecule is COc1ccc(C(C)NC(=O)CN(Cc2ccccc2)S(=O)(=O)c2cc(C)ccc2OC)cc1. The van der Waals surface area contributed by atoms with E-state index in [-0.39, 0.29) is 29.8 Å². The van der Waals surface area contributed by atoms with Crippen LogP contribution in [0.25, 0.3) is 0 Å². The van der Waals surface area contributed by atoms with Gasteiger partial charge in [-0.2, -0.15) is 4.31 Å². The Morgan fingerprint density at radius 2 is 1.65 bits per heavy atom. The highest BCUT2D eigenvalue weighted by atomic mass is 32.2. The largest absolute Gasteiger partial charge is 0.497 e. The first-order valence-electron chi connectivity index (χ1n) is 10.9. The maximum absolute atomic E-state index is 13.7. The Kier molecular flexibility index (Phi) is 8.31. The number of benzene rings is 3. The summed E-state index contributed by atoms with van der Waals surface area (Å²) in [5, 5.41) is 2.90. The molecule has 1 N–H and O–H groups in total. The molecule has 3 aromatic carbocycles. The molecule has 7 nitrogen and oxygen atoms in total. The third-order valence-corrected chi connectivity index (χ3v) is 7.26. The summed E-state index contributed by atoms with van der Waals surface area (Å²) in [6.07, 6.45) is 0. The van der Waals surface area contributed by atoms with Gasteiger partial charge in [0, 0.05) is 6.54 Å². The Morgan fingerprint density at radius 1 is 0.971 bits per heavy atom. The Morgan fingerprint density at radius 3 is 2.26 bits per heavy atom. The summed E-state index contributed by atoms with van der Waals surface area (Å²) in [6.45, 7) is 3.36. The third-order valence-electron chi connectivity index (χ3n) is 5.45. The lowest BCUT2D eigenvalue weighted by Crippen LogP contribution is -2.41. The molecule has 34 heavy (non-hydrogen) atoms. The number of hydrogen-bond acceptors (Lipinski definition) is 5. The van der Waals surface area contributed by atoms with Gasteiger partial charge < -0.3 is 14.8 Å². The van der Waals surface area contributed by atoms with Crippen LogP contribution >= 0.6 is 0 Å². The highest BCUT2D eigenvalue weighted by Gasteiger charge is 2.30. The number of sulfonamides is 1. The monoisotopic (exact) mass is 482 g/mol. The number of hydrogen-bond donors (Lipinski definition) is 1. The van der Waals surface area contributed by atoms with Crippen molar-refractivity contribution in [1.29, 1.82) is 0 Å². The van der Waals surface area contributed by atoms with Gasteiger partial charge in [-0.3, -0.25) is 4.79 Å². The molecule has 0 bridgehead atoms. The first kappa shape index (κ1) is 25.3. The summed E-state index contributed by atoms with van der Waals surface area (Å²) < 4.78 is 39.0. The molecule has 0 heterocycles. The van der Waals surface area contributed by atoms with Gasteiger partial charge in [-0.15, -0.1) is 0 Å². The molecule has 0 aliphatic heterocycles. The Bertz CT molecular complexity index is 1210. The first-order valence-corrected chi connectivity index (χ1v) is 12.3. The van der Waals surface area contributed by atoms with Crippen molar-refractivity contribution in [2.75, 3.05) is 20.8 Å². The van der Waals surface area contributed by atoms with Crippen LogP contribution in [0.5, 0.6) is 11.5 Å². The molecule has 0 saturated heterocycles. The van der Waals surface area contributed by atoms with Crippen molar-refractivity contribution in [3.8, 4) is 11.5 Å². The van der Waals surface area contributed by atoms with Gasteiger partial charge >= 0.3 is 0 Å². The molecule has 8 heteroatoms. The zero-order valence-electron chi connectivity index (χ0n) is 19.8. The van der Waals surface area contributed by atoms with E-state index >= 15 is 0 Å². The van der Waals surface area contributed by atoms with Crippen LogP contribution in [0.4, 0.5) is 0 Å². The van der Waals surface area contributed by atoms with Crippen molar-refractivity contribution >= 4 is 15.9 Å². The second-order valence-corrected chi connectivity index (χ2v) is 9.88. The molecular weight excluding hydrogens is 452 g/mol. The molecular formula is C26H30N2O5S. The van der Waals surface area contributed by atoms with Gasteiger partial charge in [-0.25, -0.2) is 8.42 Å². The minimum absolute atomic E-state index is 0.0296. The molecule has 0 aliphatic carbocycles. The molecule has 180 valence electrons. The summed E-state index contributed by atoms with van der Waals surface area (Å²) in [4.78, 5) is 13.0. The second-order valence-electron chi connectivity index (χ2n) is 7.98. The van der Waals surface area contributed by atoms with Crippen LogP contribution < -0.4 is 14.8 Å². The van der Waals surface area contributed by atoms with Crippen LogP contribution in [0, 0.1) is 6.92 Å². The smallest absolute Gasteiger partial charge is 0.247 e. The highest BCUT2D eigenvalue weighted by Crippen LogP contribution is 2.29. The summed E-state index contributed by atoms with van der Waals surface area (Å²) in [5.41, 5.74) is 2.43. The van der Waals surface area contributed by atoms with Gasteiger partial charge in [-0.1, -0.05) is 48.5 Å². The maximum Gasteiger partial charge on any atom is 0.247 e. The predicted octanol–water partition coefficient (Wildman–Crippen LogP) is 4.08. The van der Waals surface area contributed by atoms with E-state index in [0.29, 0.717) is 0 Å². The standard InChI is InChI=1S/C26H30N2O5S/c1-19-10-15-24(33-4)25(16-19)34(30,31)28(17-21-8-6-5-7-9-21)18-26(29)27-20(2)22-11-13-23(32-3)14-12-22/h5-16,20H,17-18H2,1-4H3,(H,27,29). The fourth-order valence-electron chi connectivity index (χ4n) is 3.56. The van der Waals surface area contributed by atoms with E-state index in [9.17, 15) is 13.2 Å². The van der Waals surface area contributed by atoms with Crippen LogP contribution in [0.2, 0.25) is 0 Å². The Hall–Kier alpha value is -3.36. The lowest BCUT2D eigenvalue weighted by molar-refractivity contribution is -0.122. The van der Waals surface area contributed by atoms with Crippen molar-refractivity contribution in [2.45, 2.75) is 31.3 Å². The molecule has 0 saturated carbocycles. The quantitative estimate of drug-likeness (QED) is 0.471. The van der Waals surface area contributed by atoms with Gasteiger partial charge in [0.05, 0.1) is 26.8 Å². The number of nitrogens with zero attached hydrogens (tertiary/aromatic N) is 1. The van der Waals surface area contributed by atoms with Gasteiger partial charge in [0.2, 0.25) is 15.9 Å². The first-order chi connectivity index (χ1) is 16.2. The number of rotatable bonds is 10. The number of methoxy groups -OCH3 is 2. The predicted molar refractivity (Wildman–Crippen MR) is 131 cm³/mol. The number of amides is 1. The fourth-order valence-corrected chi connectivity index (χ4v) is 5.19. The van der Waals surface area contributed by atoms with E-state index in [1.807, 2.05) is 68.4 Å². The van der Waals surface area contributed by atoms with Gasteiger partial charge in [0.25, 0.3) is 0 Å². The number of aryl methyl sites for hydroxylation is 1. The van der Waals surface area contributed by atoms with Crippen molar-refractivity contribution in [2.24, 2.45) is 0 Å². The lowest BCUT2D eigenvalue weighted by Gasteiger charge is -2.24. The molecule has 0 fully saturated rings. The van der Waals surface area contributed by atoms with Gasteiger partial charge in [0.1, 0.15) is 16.4 Å². The molecule has 1 atom stereocenters. The average molecular weight is 483 g/mol. The summed E-state index contributed by atoms with van der Waals surface area (Å²) in [7, 11) is -1.02. The fraction of sp³-hybridized carbons (Fsp3) is 0.269. The van der Waals surface area contributed by atoms with Crippen LogP contribution in [-0.4, -0.2) is 39.4 Å². The molecule has 1 amide bonds. The highest BCUT2D eigenvalue weighted by molar-refractivity contribution is 7.89. The Labute approximate surface area is 201 Å². The van der Waals surface area contributed by atoms with Crippen LogP contribution in [0.15, 0.2) is 77.7 Å². The van der Waals surface area contributed by atoms with Crippen molar-refractivity contribution in [3.05, 3.63) is 89.5 Å². The van der Waals surface area contributed by atoms with Crippen molar-refractivity contribution in [3.63, 3.8) is 0 Å². The normalized spacial score (nSPS) is 12.3. The molecule has 0 radical (unpaired) electrons. The number of carbonyl (C=O) groups is 1. The van der Waals surface area contributed by atoms with E-state index < -0.39 is 15.9 Å². The molecule has 3 aromatic rings. The minimum atomic E-state index is -4.04. The van der Waals surface area contributed by atoms with E-state index in [0.717, 1.165) is 22.4 Å². The zero-order valence-corrected chi connectivity index (χ0v) is 20.6. The average Bonchev–Trinajstić information content (AvgIpc) is 2.84. The van der Waals surface area contributed by atoms with Crippen LogP contribution in [-0.2, 0) is 21.4 Å². The summed E-state index contributed by atoms with van der Waals surface area (Å²) in [6, 6.07) is 21.2. The van der Waals surface area contributed by atoms with Crippen LogP contribution in [0.3, 0.4) is 0 Å². The second kappa shape index (κ2) is 11.2. The minimum Gasteiger partial charge on any atom is -0.497 e. The molecule has 3 rings (SSSR count). The molecule has 1 unspecified atom stereocenters. The summed E-state index contributed by atoms with van der Waals surface area (Å²) >= 11 is 0. The van der Waals surface area contributed by atoms with Gasteiger partial charge in [-0.05, 0) is 54.8 Å². The summed E-state index contributed by atoms with van der Waals surface area (Å²) in [5.74, 6) is 0.541. The topological polar surface area (TPSA) is 84.9 Å². The Balaban J connectivity index is 1.87. The third kappa shape index (κ3) is 6.15. The number of nitrogens with one attached hydrogen (secondary N) is 1. The van der Waals surface area contributed by atoms with Gasteiger partial charge in [0.15, 0.2) is 0 Å². The van der Waals surface area contributed by atoms with E-state index in [1.165, 1.54) is 11.4 Å². The maximum atomic E-state index is 13.7. The molecule has 0 spiro atoms. The zero-order chi connectivity index (χ0) is 24.7. The van der Waals surface area contributed by atoms with E-state index in [2.05, 4.69) is 5.32 Å². The molecule has 0 aliphatic rings. The van der Waals surface area contributed by atoms with Crippen LogP contribution in [0.1, 0.15) is 29.7 Å². The lowest BCUT2D eigenvalue weighted by atomic mass is 10.1. The number of ether oxygens (including phenoxy) is 2. The molecule has 0 aromatic heterocycles. The van der Waals surface area contributed by atoms with E-state index in [1.54, 1.807) is 25.3 Å².